The minimum absolute atomic E-state index is 0.164. The van der Waals surface area contributed by atoms with Crippen molar-refractivity contribution in [3.63, 3.8) is 0 Å². The number of nitrogens with one attached hydrogen (secondary N) is 1. The summed E-state index contributed by atoms with van der Waals surface area (Å²) in [4.78, 5) is 1.33. The zero-order valence-corrected chi connectivity index (χ0v) is 10.5. The zero-order chi connectivity index (χ0) is 11.3. The Morgan fingerprint density at radius 2 is 1.93 bits per heavy atom. The van der Waals surface area contributed by atoms with Gasteiger partial charge in [-0.3, -0.25) is 0 Å². The van der Waals surface area contributed by atoms with Crippen LogP contribution < -0.4 is 5.32 Å². The van der Waals surface area contributed by atoms with Gasteiger partial charge in [-0.1, -0.05) is 6.07 Å². The van der Waals surface area contributed by atoms with Crippen LogP contribution in [-0.4, -0.2) is 26.6 Å². The average Bonchev–Trinajstić information content (AvgIpc) is 2.72. The Balaban J connectivity index is 2.47. The summed E-state index contributed by atoms with van der Waals surface area (Å²) in [7, 11) is 3.31. The van der Waals surface area contributed by atoms with Crippen LogP contribution in [0.2, 0.25) is 0 Å². The van der Waals surface area contributed by atoms with Crippen LogP contribution in [0.15, 0.2) is 17.5 Å². The third kappa shape index (κ3) is 3.57. The van der Waals surface area contributed by atoms with E-state index in [1.165, 1.54) is 4.88 Å². The minimum atomic E-state index is -0.201. The predicted molar refractivity (Wildman–Crippen MR) is 63.1 cm³/mol. The first-order valence-electron chi connectivity index (χ1n) is 5.04. The zero-order valence-electron chi connectivity index (χ0n) is 9.69. The van der Waals surface area contributed by atoms with Crippen molar-refractivity contribution in [2.45, 2.75) is 32.2 Å². The van der Waals surface area contributed by atoms with Gasteiger partial charge >= 0.3 is 0 Å². The molecule has 0 aromatic carbocycles. The molecule has 1 rings (SSSR count). The molecule has 15 heavy (non-hydrogen) atoms. The van der Waals surface area contributed by atoms with Gasteiger partial charge in [0.1, 0.15) is 0 Å². The third-order valence-corrected chi connectivity index (χ3v) is 3.41. The van der Waals surface area contributed by atoms with Crippen LogP contribution in [0, 0.1) is 0 Å². The first-order chi connectivity index (χ1) is 7.19. The van der Waals surface area contributed by atoms with E-state index in [1.54, 1.807) is 25.6 Å². The van der Waals surface area contributed by atoms with Crippen molar-refractivity contribution in [2.24, 2.45) is 0 Å². The Morgan fingerprint density at radius 1 is 1.27 bits per heavy atom. The molecule has 2 atom stereocenters. The van der Waals surface area contributed by atoms with Crippen molar-refractivity contribution >= 4 is 11.3 Å². The van der Waals surface area contributed by atoms with Crippen LogP contribution in [0.25, 0.3) is 0 Å². The molecule has 0 aliphatic carbocycles. The topological polar surface area (TPSA) is 30.5 Å². The fourth-order valence-electron chi connectivity index (χ4n) is 1.60. The number of hydrogen-bond donors (Lipinski definition) is 1. The number of hydrogen-bond acceptors (Lipinski definition) is 4. The van der Waals surface area contributed by atoms with Crippen molar-refractivity contribution in [1.29, 1.82) is 0 Å². The van der Waals surface area contributed by atoms with Crippen molar-refractivity contribution < 1.29 is 9.47 Å². The van der Waals surface area contributed by atoms with Crippen LogP contribution in [0.1, 0.15) is 24.8 Å². The fourth-order valence-corrected chi connectivity index (χ4v) is 2.34. The summed E-state index contributed by atoms with van der Waals surface area (Å²) < 4.78 is 10.4. The molecule has 0 aliphatic heterocycles. The first kappa shape index (κ1) is 12.6. The van der Waals surface area contributed by atoms with Gasteiger partial charge in [-0.15, -0.1) is 11.3 Å². The Labute approximate surface area is 95.4 Å². The van der Waals surface area contributed by atoms with E-state index < -0.39 is 0 Å². The molecule has 1 aromatic rings. The smallest absolute Gasteiger partial charge is 0.171 e. The van der Waals surface area contributed by atoms with Crippen molar-refractivity contribution in [3.8, 4) is 0 Å². The largest absolute Gasteiger partial charge is 0.354 e. The molecule has 0 amide bonds. The summed E-state index contributed by atoms with van der Waals surface area (Å²) in [6.07, 6.45) is -0.201. The molecule has 0 aliphatic rings. The molecular formula is C11H19NO2S. The molecule has 0 saturated heterocycles. The lowest BCUT2D eigenvalue weighted by molar-refractivity contribution is -0.120. The highest BCUT2D eigenvalue weighted by atomic mass is 32.1. The van der Waals surface area contributed by atoms with E-state index in [-0.39, 0.29) is 12.3 Å². The maximum Gasteiger partial charge on any atom is 0.171 e. The average molecular weight is 229 g/mol. The molecule has 1 N–H and O–H groups in total. The second kappa shape index (κ2) is 6.23. The first-order valence-corrected chi connectivity index (χ1v) is 5.92. The monoisotopic (exact) mass is 229 g/mol. The molecule has 1 aromatic heterocycles. The molecule has 0 saturated carbocycles. The molecule has 1 heterocycles. The molecule has 4 heteroatoms. The Bertz CT molecular complexity index is 260. The summed E-state index contributed by atoms with van der Waals surface area (Å²) in [6.45, 7) is 4.20. The third-order valence-electron chi connectivity index (χ3n) is 2.36. The van der Waals surface area contributed by atoms with Gasteiger partial charge in [0.2, 0.25) is 0 Å². The second-order valence-electron chi connectivity index (χ2n) is 3.53. The van der Waals surface area contributed by atoms with E-state index in [9.17, 15) is 0 Å². The summed E-state index contributed by atoms with van der Waals surface area (Å²) in [5.41, 5.74) is 0. The Kier molecular flexibility index (Phi) is 5.25. The number of thiophene rings is 1. The van der Waals surface area contributed by atoms with Crippen LogP contribution in [-0.2, 0) is 9.47 Å². The maximum atomic E-state index is 5.20. The Hall–Kier alpha value is -0.420. The van der Waals surface area contributed by atoms with E-state index in [0.717, 1.165) is 0 Å². The lowest BCUT2D eigenvalue weighted by atomic mass is 10.2. The van der Waals surface area contributed by atoms with E-state index in [0.29, 0.717) is 6.04 Å². The second-order valence-corrected chi connectivity index (χ2v) is 4.51. The summed E-state index contributed by atoms with van der Waals surface area (Å²) in [5.74, 6) is 0. The summed E-state index contributed by atoms with van der Waals surface area (Å²) >= 11 is 1.76. The van der Waals surface area contributed by atoms with E-state index in [2.05, 4.69) is 36.7 Å². The molecule has 0 fully saturated rings. The molecular weight excluding hydrogens is 210 g/mol. The van der Waals surface area contributed by atoms with E-state index in [4.69, 9.17) is 9.47 Å². The highest BCUT2D eigenvalue weighted by molar-refractivity contribution is 7.10. The number of ether oxygens (including phenoxy) is 2. The Morgan fingerprint density at radius 3 is 2.40 bits per heavy atom. The van der Waals surface area contributed by atoms with Crippen molar-refractivity contribution in [3.05, 3.63) is 22.4 Å². The fraction of sp³-hybridized carbons (Fsp3) is 0.636. The SMILES string of the molecule is COC(OC)C(C)NC(C)c1cccs1. The summed E-state index contributed by atoms with van der Waals surface area (Å²) in [6, 6.07) is 4.68. The minimum Gasteiger partial charge on any atom is -0.354 e. The number of rotatable bonds is 6. The molecule has 0 bridgehead atoms. The molecule has 3 nitrogen and oxygen atoms in total. The lowest BCUT2D eigenvalue weighted by Gasteiger charge is -2.25. The molecule has 0 radical (unpaired) electrons. The van der Waals surface area contributed by atoms with Crippen molar-refractivity contribution in [1.82, 2.24) is 5.32 Å². The predicted octanol–water partition coefficient (Wildman–Crippen LogP) is 2.41. The van der Waals surface area contributed by atoms with Gasteiger partial charge in [0.05, 0.1) is 6.04 Å². The van der Waals surface area contributed by atoms with Gasteiger partial charge in [0, 0.05) is 25.1 Å². The van der Waals surface area contributed by atoms with Crippen LogP contribution in [0.3, 0.4) is 0 Å². The highest BCUT2D eigenvalue weighted by Crippen LogP contribution is 2.19. The maximum absolute atomic E-state index is 5.20. The number of methoxy groups -OCH3 is 2. The van der Waals surface area contributed by atoms with Gasteiger partial charge in [0.25, 0.3) is 0 Å². The van der Waals surface area contributed by atoms with Gasteiger partial charge in [-0.05, 0) is 25.3 Å². The standard InChI is InChI=1S/C11H19NO2S/c1-8(10-6-5-7-15-10)12-9(2)11(13-3)14-4/h5-9,11-12H,1-4H3. The van der Waals surface area contributed by atoms with Crippen LogP contribution in [0.4, 0.5) is 0 Å². The highest BCUT2D eigenvalue weighted by Gasteiger charge is 2.18. The van der Waals surface area contributed by atoms with Gasteiger partial charge < -0.3 is 14.8 Å². The molecule has 86 valence electrons. The molecule has 2 unspecified atom stereocenters. The molecule has 0 spiro atoms. The normalized spacial score (nSPS) is 15.5. The van der Waals surface area contributed by atoms with Gasteiger partial charge in [-0.25, -0.2) is 0 Å². The van der Waals surface area contributed by atoms with E-state index >= 15 is 0 Å². The van der Waals surface area contributed by atoms with E-state index in [1.807, 2.05) is 0 Å². The lowest BCUT2D eigenvalue weighted by Crippen LogP contribution is -2.40. The quantitative estimate of drug-likeness (QED) is 0.760. The van der Waals surface area contributed by atoms with Crippen LogP contribution >= 0.6 is 11.3 Å². The summed E-state index contributed by atoms with van der Waals surface area (Å²) in [5, 5.41) is 5.53. The van der Waals surface area contributed by atoms with Crippen molar-refractivity contribution in [2.75, 3.05) is 14.2 Å². The van der Waals surface area contributed by atoms with Gasteiger partial charge in [0.15, 0.2) is 6.29 Å². The van der Waals surface area contributed by atoms with Crippen LogP contribution in [0.5, 0.6) is 0 Å². The van der Waals surface area contributed by atoms with Gasteiger partial charge in [-0.2, -0.15) is 0 Å².